The Labute approximate surface area is 263 Å². The summed E-state index contributed by atoms with van der Waals surface area (Å²) in [7, 11) is 0. The van der Waals surface area contributed by atoms with E-state index in [0.29, 0.717) is 63.6 Å². The highest BCUT2D eigenvalue weighted by atomic mass is 19.4. The first kappa shape index (κ1) is 34.1. The SMILES string of the molecule is CC[C@@H]1CN(Cc2cc3c(c(C(F)(F)F)c2)CNC3=O)CCO1.CC[C@H]1CN(Cc2cc3c(c(C(F)(F)F)c2)CNC3=O)CCO1. The first-order valence-electron chi connectivity index (χ1n) is 15.5. The molecule has 0 aliphatic carbocycles. The average Bonchev–Trinajstić information content (AvgIpc) is 3.57. The molecule has 0 aromatic heterocycles. The quantitative estimate of drug-likeness (QED) is 0.421. The molecule has 0 spiro atoms. The minimum Gasteiger partial charge on any atom is -0.376 e. The Balaban J connectivity index is 0.000000181. The Morgan fingerprint density at radius 3 is 1.43 bits per heavy atom. The van der Waals surface area contributed by atoms with Gasteiger partial charge in [0.15, 0.2) is 0 Å². The van der Waals surface area contributed by atoms with E-state index in [1.807, 2.05) is 13.8 Å². The molecule has 2 aromatic carbocycles. The highest BCUT2D eigenvalue weighted by Crippen LogP contribution is 2.37. The topological polar surface area (TPSA) is 83.1 Å². The van der Waals surface area contributed by atoms with E-state index in [1.165, 1.54) is 12.1 Å². The Morgan fingerprint density at radius 2 is 1.09 bits per heavy atom. The number of halogens is 6. The number of ether oxygens (including phenoxy) is 2. The molecule has 2 fully saturated rings. The number of carbonyl (C=O) groups is 2. The fourth-order valence-electron chi connectivity index (χ4n) is 6.32. The lowest BCUT2D eigenvalue weighted by Crippen LogP contribution is -2.41. The maximum Gasteiger partial charge on any atom is 0.416 e. The summed E-state index contributed by atoms with van der Waals surface area (Å²) in [6.07, 6.45) is -6.94. The Morgan fingerprint density at radius 1 is 0.696 bits per heavy atom. The summed E-state index contributed by atoms with van der Waals surface area (Å²) in [5.41, 5.74) is 0.0339. The lowest BCUT2D eigenvalue weighted by molar-refractivity contribution is -0.139. The van der Waals surface area contributed by atoms with Crippen molar-refractivity contribution < 1.29 is 45.4 Å². The van der Waals surface area contributed by atoms with E-state index < -0.39 is 35.3 Å². The van der Waals surface area contributed by atoms with Crippen molar-refractivity contribution in [1.29, 1.82) is 0 Å². The van der Waals surface area contributed by atoms with Gasteiger partial charge in [0.1, 0.15) is 0 Å². The number of carbonyl (C=O) groups excluding carboxylic acids is 2. The van der Waals surface area contributed by atoms with E-state index in [4.69, 9.17) is 9.47 Å². The van der Waals surface area contributed by atoms with Gasteiger partial charge in [-0.25, -0.2) is 0 Å². The van der Waals surface area contributed by atoms with Crippen LogP contribution in [-0.2, 0) is 48.0 Å². The zero-order valence-corrected chi connectivity index (χ0v) is 25.7. The molecule has 0 saturated carbocycles. The van der Waals surface area contributed by atoms with Crippen LogP contribution in [0.15, 0.2) is 24.3 Å². The van der Waals surface area contributed by atoms with E-state index >= 15 is 0 Å². The molecule has 252 valence electrons. The molecule has 8 nitrogen and oxygen atoms in total. The number of nitrogens with zero attached hydrogens (tertiary/aromatic N) is 2. The van der Waals surface area contributed by atoms with E-state index in [9.17, 15) is 35.9 Å². The standard InChI is InChI=1S/2C16H19F3N2O2/c2*1-2-11-9-21(3-4-23-11)8-10-5-12-13(7-20-15(12)22)14(6-10)16(17,18)19/h2*5-6,11H,2-4,7-9H2,1H3,(H,20,22)/t2*11-/m10/s1. The number of amides is 2. The van der Waals surface area contributed by atoms with Crippen LogP contribution in [0.4, 0.5) is 26.3 Å². The van der Waals surface area contributed by atoms with E-state index in [-0.39, 0.29) is 47.6 Å². The van der Waals surface area contributed by atoms with Gasteiger partial charge in [0.2, 0.25) is 0 Å². The van der Waals surface area contributed by atoms with Crippen molar-refractivity contribution in [3.05, 3.63) is 68.8 Å². The van der Waals surface area contributed by atoms with Crippen LogP contribution in [-0.4, -0.2) is 73.2 Å². The highest BCUT2D eigenvalue weighted by Gasteiger charge is 2.39. The van der Waals surface area contributed by atoms with Crippen LogP contribution in [0.2, 0.25) is 0 Å². The number of benzene rings is 2. The van der Waals surface area contributed by atoms with Gasteiger partial charge >= 0.3 is 12.4 Å². The molecule has 4 aliphatic heterocycles. The summed E-state index contributed by atoms with van der Waals surface area (Å²) in [4.78, 5) is 27.7. The second-order valence-electron chi connectivity index (χ2n) is 12.0. The van der Waals surface area contributed by atoms with Gasteiger partial charge in [0.25, 0.3) is 11.8 Å². The van der Waals surface area contributed by atoms with E-state index in [1.54, 1.807) is 12.1 Å². The highest BCUT2D eigenvalue weighted by molar-refractivity contribution is 5.99. The van der Waals surface area contributed by atoms with Gasteiger partial charge < -0.3 is 20.1 Å². The van der Waals surface area contributed by atoms with Gasteiger partial charge in [0, 0.05) is 63.5 Å². The normalized spacial score (nSPS) is 22.1. The maximum atomic E-state index is 13.3. The van der Waals surface area contributed by atoms with Crippen molar-refractivity contribution in [3.63, 3.8) is 0 Å². The number of nitrogens with one attached hydrogen (secondary N) is 2. The average molecular weight is 657 g/mol. The zero-order chi connectivity index (χ0) is 33.2. The van der Waals surface area contributed by atoms with Gasteiger partial charge in [-0.1, -0.05) is 13.8 Å². The molecule has 0 radical (unpaired) electrons. The van der Waals surface area contributed by atoms with Crippen molar-refractivity contribution in [2.45, 2.75) is 77.4 Å². The Hall–Kier alpha value is -3.20. The van der Waals surface area contributed by atoms with Gasteiger partial charge in [-0.2, -0.15) is 26.3 Å². The van der Waals surface area contributed by atoms with Crippen molar-refractivity contribution >= 4 is 11.8 Å². The molecule has 4 aliphatic rings. The number of alkyl halides is 6. The Bertz CT molecular complexity index is 1340. The fraction of sp³-hybridized carbons (Fsp3) is 0.562. The van der Waals surface area contributed by atoms with Gasteiger partial charge in [0.05, 0.1) is 36.5 Å². The summed E-state index contributed by atoms with van der Waals surface area (Å²) in [6.45, 7) is 8.63. The number of hydrogen-bond acceptors (Lipinski definition) is 6. The monoisotopic (exact) mass is 656 g/mol. The number of morpholine rings is 2. The van der Waals surface area contributed by atoms with E-state index in [2.05, 4.69) is 20.4 Å². The van der Waals surface area contributed by atoms with Crippen molar-refractivity contribution in [2.75, 3.05) is 39.4 Å². The van der Waals surface area contributed by atoms with Gasteiger partial charge in [-0.05, 0) is 59.4 Å². The zero-order valence-electron chi connectivity index (χ0n) is 25.7. The van der Waals surface area contributed by atoms with Crippen LogP contribution in [0.5, 0.6) is 0 Å². The molecule has 4 heterocycles. The molecule has 2 atom stereocenters. The van der Waals surface area contributed by atoms with Crippen molar-refractivity contribution in [2.24, 2.45) is 0 Å². The fourth-order valence-corrected chi connectivity index (χ4v) is 6.32. The van der Waals surface area contributed by atoms with Crippen LogP contribution in [0.3, 0.4) is 0 Å². The molecule has 2 aromatic rings. The first-order chi connectivity index (χ1) is 21.8. The smallest absolute Gasteiger partial charge is 0.376 e. The van der Waals surface area contributed by atoms with Crippen LogP contribution in [0.25, 0.3) is 0 Å². The van der Waals surface area contributed by atoms with Crippen LogP contribution in [0.1, 0.15) is 80.8 Å². The number of rotatable bonds is 6. The summed E-state index contributed by atoms with van der Waals surface area (Å²) in [5.74, 6) is -0.860. The van der Waals surface area contributed by atoms with Crippen molar-refractivity contribution in [3.8, 4) is 0 Å². The molecular weight excluding hydrogens is 618 g/mol. The third-order valence-electron chi connectivity index (χ3n) is 8.74. The predicted octanol–water partition coefficient (Wildman–Crippen LogP) is 5.12. The van der Waals surface area contributed by atoms with Crippen LogP contribution >= 0.6 is 0 Å². The molecule has 2 amide bonds. The number of fused-ring (bicyclic) bond motifs is 2. The molecule has 0 unspecified atom stereocenters. The van der Waals surface area contributed by atoms with E-state index in [0.717, 1.165) is 12.8 Å². The maximum absolute atomic E-state index is 13.3. The summed E-state index contributed by atoms with van der Waals surface area (Å²) in [5, 5.41) is 4.94. The largest absolute Gasteiger partial charge is 0.416 e. The lowest BCUT2D eigenvalue weighted by atomic mass is 9.98. The second-order valence-corrected chi connectivity index (χ2v) is 12.0. The molecule has 2 N–H and O–H groups in total. The van der Waals surface area contributed by atoms with Gasteiger partial charge in [-0.3, -0.25) is 19.4 Å². The predicted molar refractivity (Wildman–Crippen MR) is 156 cm³/mol. The third-order valence-corrected chi connectivity index (χ3v) is 8.74. The Kier molecular flexibility index (Phi) is 10.3. The van der Waals surface area contributed by atoms with Crippen molar-refractivity contribution in [1.82, 2.24) is 20.4 Å². The van der Waals surface area contributed by atoms with Gasteiger partial charge in [-0.15, -0.1) is 0 Å². The molecule has 0 bridgehead atoms. The molecule has 6 rings (SSSR count). The van der Waals surface area contributed by atoms with Crippen LogP contribution in [0, 0.1) is 0 Å². The summed E-state index contributed by atoms with van der Waals surface area (Å²) >= 11 is 0. The first-order valence-corrected chi connectivity index (χ1v) is 15.5. The minimum absolute atomic E-state index is 0.0552. The molecule has 2 saturated heterocycles. The minimum atomic E-state index is -4.46. The molecular formula is C32H38F6N4O4. The van der Waals surface area contributed by atoms with Crippen LogP contribution < -0.4 is 10.6 Å². The molecule has 14 heteroatoms. The lowest BCUT2D eigenvalue weighted by Gasteiger charge is -2.32. The third kappa shape index (κ3) is 7.84. The molecule has 46 heavy (non-hydrogen) atoms. The second kappa shape index (κ2) is 13.9. The number of hydrogen-bond donors (Lipinski definition) is 2. The summed E-state index contributed by atoms with van der Waals surface area (Å²) in [6, 6.07) is 5.53. The summed E-state index contributed by atoms with van der Waals surface area (Å²) < 4.78 is 90.8.